The number of benzene rings is 3. The molecule has 0 spiro atoms. The Balaban J connectivity index is 1.50. The van der Waals surface area contributed by atoms with Crippen LogP contribution in [-0.2, 0) is 25.2 Å². The molecule has 1 amide bonds. The van der Waals surface area contributed by atoms with Crippen LogP contribution >= 0.6 is 22.6 Å². The van der Waals surface area contributed by atoms with Gasteiger partial charge in [-0.2, -0.15) is 4.31 Å². The fraction of sp³-hybridized carbons (Fsp3) is 0.286. The first kappa shape index (κ1) is 34.5. The number of rotatable bonds is 10. The maximum Gasteiger partial charge on any atom is 0.339 e. The van der Waals surface area contributed by atoms with Gasteiger partial charge in [-0.1, -0.05) is 0 Å². The highest BCUT2D eigenvalue weighted by atomic mass is 127. The SMILES string of the molecule is CCOc1ncccc1C1(OC(=O)c2ccc(N3CCN(C)CC3)cc2)C(=O)N(S(=O)(=O)c2ccc(OC)cc2OC)c2ccc(I)cc21. The van der Waals surface area contributed by atoms with Gasteiger partial charge in [0.05, 0.1) is 37.6 Å². The molecule has 1 atom stereocenters. The van der Waals surface area contributed by atoms with Crippen LogP contribution in [0, 0.1) is 3.57 Å². The first-order valence-corrected chi connectivity index (χ1v) is 18.0. The molecule has 12 nitrogen and oxygen atoms in total. The molecule has 0 N–H and O–H groups in total. The smallest absolute Gasteiger partial charge is 0.339 e. The Morgan fingerprint density at radius 2 is 1.67 bits per heavy atom. The average Bonchev–Trinajstić information content (AvgIpc) is 3.36. The van der Waals surface area contributed by atoms with Crippen molar-refractivity contribution in [1.29, 1.82) is 0 Å². The lowest BCUT2D eigenvalue weighted by atomic mass is 9.87. The molecule has 1 saturated heterocycles. The molecule has 0 aliphatic carbocycles. The predicted octanol–water partition coefficient (Wildman–Crippen LogP) is 4.69. The minimum atomic E-state index is -4.67. The van der Waals surface area contributed by atoms with Crippen molar-refractivity contribution in [3.63, 3.8) is 0 Å². The molecule has 3 heterocycles. The molecule has 4 aromatic rings. The molecule has 256 valence electrons. The van der Waals surface area contributed by atoms with E-state index in [0.717, 1.165) is 31.9 Å². The normalized spacial score (nSPS) is 17.9. The van der Waals surface area contributed by atoms with Crippen molar-refractivity contribution in [2.75, 3.05) is 63.3 Å². The highest BCUT2D eigenvalue weighted by molar-refractivity contribution is 14.1. The van der Waals surface area contributed by atoms with Crippen LogP contribution in [0.3, 0.4) is 0 Å². The van der Waals surface area contributed by atoms with Crippen molar-refractivity contribution in [3.05, 3.63) is 99.3 Å². The molecule has 0 bridgehead atoms. The van der Waals surface area contributed by atoms with Gasteiger partial charge < -0.3 is 28.7 Å². The van der Waals surface area contributed by atoms with Crippen molar-refractivity contribution in [2.24, 2.45) is 0 Å². The van der Waals surface area contributed by atoms with E-state index in [9.17, 15) is 13.2 Å². The Morgan fingerprint density at radius 3 is 2.35 bits per heavy atom. The van der Waals surface area contributed by atoms with Crippen molar-refractivity contribution in [1.82, 2.24) is 9.88 Å². The topological polar surface area (TPSA) is 128 Å². The van der Waals surface area contributed by atoms with Gasteiger partial charge in [0.15, 0.2) is 0 Å². The van der Waals surface area contributed by atoms with Gasteiger partial charge in [0, 0.05) is 53.3 Å². The van der Waals surface area contributed by atoms with Crippen molar-refractivity contribution in [3.8, 4) is 17.4 Å². The first-order chi connectivity index (χ1) is 23.5. The lowest BCUT2D eigenvalue weighted by molar-refractivity contribution is -0.132. The van der Waals surface area contributed by atoms with Crippen LogP contribution in [0.15, 0.2) is 83.9 Å². The van der Waals surface area contributed by atoms with Gasteiger partial charge in [0.1, 0.15) is 16.4 Å². The zero-order valence-electron chi connectivity index (χ0n) is 27.4. The van der Waals surface area contributed by atoms with E-state index in [-0.39, 0.29) is 45.5 Å². The molecular formula is C35H35IN4O8S. The maximum atomic E-state index is 15.1. The van der Waals surface area contributed by atoms with Crippen LogP contribution in [0.4, 0.5) is 11.4 Å². The van der Waals surface area contributed by atoms with Crippen molar-refractivity contribution in [2.45, 2.75) is 17.4 Å². The number of sulfonamides is 1. The van der Waals surface area contributed by atoms with Crippen LogP contribution in [0.2, 0.25) is 0 Å². The minimum Gasteiger partial charge on any atom is -0.497 e. The lowest BCUT2D eigenvalue weighted by Gasteiger charge is -2.34. The first-order valence-electron chi connectivity index (χ1n) is 15.5. The number of piperazine rings is 1. The number of halogens is 1. The van der Waals surface area contributed by atoms with Crippen LogP contribution in [-0.4, -0.2) is 84.2 Å². The molecule has 2 aliphatic rings. The summed E-state index contributed by atoms with van der Waals surface area (Å²) < 4.78 is 53.3. The number of fused-ring (bicyclic) bond motifs is 1. The van der Waals surface area contributed by atoms with Gasteiger partial charge in [0.2, 0.25) is 11.5 Å². The van der Waals surface area contributed by atoms with E-state index in [2.05, 4.69) is 44.4 Å². The Hall–Kier alpha value is -4.41. The number of esters is 1. The Bertz CT molecular complexity index is 2000. The third kappa shape index (κ3) is 6.16. The summed E-state index contributed by atoms with van der Waals surface area (Å²) in [7, 11) is 0.171. The number of ether oxygens (including phenoxy) is 4. The second-order valence-electron chi connectivity index (χ2n) is 11.4. The number of nitrogens with zero attached hydrogens (tertiary/aromatic N) is 4. The summed E-state index contributed by atoms with van der Waals surface area (Å²) in [6.45, 7) is 5.46. The van der Waals surface area contributed by atoms with Crippen LogP contribution in [0.25, 0.3) is 0 Å². The van der Waals surface area contributed by atoms with E-state index in [1.807, 2.05) is 12.1 Å². The second kappa shape index (κ2) is 13.8. The summed E-state index contributed by atoms with van der Waals surface area (Å²) in [6.07, 6.45) is 1.48. The van der Waals surface area contributed by atoms with Crippen molar-refractivity contribution >= 4 is 55.9 Å². The molecular weight excluding hydrogens is 763 g/mol. The van der Waals surface area contributed by atoms with E-state index in [1.54, 1.807) is 43.3 Å². The number of anilines is 2. The largest absolute Gasteiger partial charge is 0.497 e. The number of likely N-dealkylation sites (N-methyl/N-ethyl adjacent to an activating group) is 1. The Morgan fingerprint density at radius 1 is 0.939 bits per heavy atom. The Kier molecular flexibility index (Phi) is 9.73. The molecule has 2 aliphatic heterocycles. The molecule has 1 fully saturated rings. The standard InChI is InChI=1S/C35H35IN4O8S/c1-5-47-32-27(7-6-16-37-32)35(48-33(41)23-8-11-25(12-9-23)39-19-17-38(2)18-20-39)28-21-24(36)10-14-29(28)40(34(35)42)49(43,44)31-15-13-26(45-3)22-30(31)46-4/h6-16,21-22H,5,17-20H2,1-4H3. The van der Waals surface area contributed by atoms with Gasteiger partial charge in [-0.15, -0.1) is 0 Å². The number of pyridine rings is 1. The summed E-state index contributed by atoms with van der Waals surface area (Å²) in [4.78, 5) is 37.8. The van der Waals surface area contributed by atoms with E-state index in [4.69, 9.17) is 18.9 Å². The number of carbonyl (C=O) groups excluding carboxylic acids is 2. The monoisotopic (exact) mass is 798 g/mol. The summed E-state index contributed by atoms with van der Waals surface area (Å²) in [5, 5.41) is 0. The molecule has 14 heteroatoms. The van der Waals surface area contributed by atoms with E-state index < -0.39 is 27.5 Å². The third-order valence-electron chi connectivity index (χ3n) is 8.58. The van der Waals surface area contributed by atoms with Crippen LogP contribution in [0.1, 0.15) is 28.4 Å². The average molecular weight is 799 g/mol. The number of aromatic nitrogens is 1. The summed E-state index contributed by atoms with van der Waals surface area (Å²) in [6, 6.07) is 19.1. The highest BCUT2D eigenvalue weighted by Gasteiger charge is 2.61. The minimum absolute atomic E-state index is 0.00723. The molecule has 49 heavy (non-hydrogen) atoms. The molecule has 1 aromatic heterocycles. The van der Waals surface area contributed by atoms with Crippen LogP contribution in [0.5, 0.6) is 17.4 Å². The zero-order chi connectivity index (χ0) is 34.9. The van der Waals surface area contributed by atoms with Gasteiger partial charge >= 0.3 is 5.97 Å². The molecule has 0 saturated carbocycles. The number of hydrogen-bond donors (Lipinski definition) is 0. The lowest BCUT2D eigenvalue weighted by Crippen LogP contribution is -2.47. The maximum absolute atomic E-state index is 15.1. The van der Waals surface area contributed by atoms with Gasteiger partial charge in [-0.25, -0.2) is 18.2 Å². The van der Waals surface area contributed by atoms with Gasteiger partial charge in [-0.3, -0.25) is 4.79 Å². The number of amides is 1. The number of methoxy groups -OCH3 is 2. The fourth-order valence-electron chi connectivity index (χ4n) is 6.06. The van der Waals surface area contributed by atoms with Gasteiger partial charge in [-0.05, 0) is 103 Å². The highest BCUT2D eigenvalue weighted by Crippen LogP contribution is 2.52. The Labute approximate surface area is 298 Å². The molecule has 3 aromatic carbocycles. The van der Waals surface area contributed by atoms with Crippen LogP contribution < -0.4 is 23.4 Å². The number of carbonyl (C=O) groups is 2. The summed E-state index contributed by atoms with van der Waals surface area (Å²) >= 11 is 2.06. The van der Waals surface area contributed by atoms with E-state index in [1.165, 1.54) is 44.7 Å². The molecule has 1 unspecified atom stereocenters. The quantitative estimate of drug-likeness (QED) is 0.164. The third-order valence-corrected chi connectivity index (χ3v) is 11.0. The van der Waals surface area contributed by atoms with E-state index >= 15 is 4.79 Å². The summed E-state index contributed by atoms with van der Waals surface area (Å²) in [5.41, 5.74) is -0.948. The van der Waals surface area contributed by atoms with E-state index in [0.29, 0.717) is 13.6 Å². The number of hydrogen-bond acceptors (Lipinski definition) is 11. The molecule has 6 rings (SSSR count). The van der Waals surface area contributed by atoms with Gasteiger partial charge in [0.25, 0.3) is 15.9 Å². The second-order valence-corrected chi connectivity index (χ2v) is 14.5. The fourth-order valence-corrected chi connectivity index (χ4v) is 8.14. The zero-order valence-corrected chi connectivity index (χ0v) is 30.4. The summed E-state index contributed by atoms with van der Waals surface area (Å²) in [5.74, 6) is -1.54. The van der Waals surface area contributed by atoms with Crippen molar-refractivity contribution < 1.29 is 37.0 Å². The predicted molar refractivity (Wildman–Crippen MR) is 191 cm³/mol. The molecule has 0 radical (unpaired) electrons.